The van der Waals surface area contributed by atoms with E-state index in [0.717, 1.165) is 30.2 Å². The van der Waals surface area contributed by atoms with Crippen LogP contribution in [0.3, 0.4) is 0 Å². The Labute approximate surface area is 108 Å². The average molecular weight is 252 g/mol. The first kappa shape index (κ1) is 12.6. The molecule has 1 aliphatic rings. The van der Waals surface area contributed by atoms with Crippen LogP contribution in [0.25, 0.3) is 0 Å². The second-order valence-corrected chi connectivity index (χ2v) is 5.16. The summed E-state index contributed by atoms with van der Waals surface area (Å²) in [6.07, 6.45) is 2.51. The SMILES string of the molecule is CC(=O)C(CN1CCCC1)c1ccc(Cl)cc1. The van der Waals surface area contributed by atoms with Crippen LogP contribution in [0.1, 0.15) is 31.2 Å². The fraction of sp³-hybridized carbons (Fsp3) is 0.500. The molecule has 0 N–H and O–H groups in total. The Bertz CT molecular complexity index is 382. The minimum absolute atomic E-state index is 0.00892. The minimum Gasteiger partial charge on any atom is -0.302 e. The molecular weight excluding hydrogens is 234 g/mol. The monoisotopic (exact) mass is 251 g/mol. The van der Waals surface area contributed by atoms with Crippen molar-refractivity contribution in [3.05, 3.63) is 34.9 Å². The molecule has 0 aromatic heterocycles. The van der Waals surface area contributed by atoms with Gasteiger partial charge in [-0.05, 0) is 50.6 Å². The standard InChI is InChI=1S/C14H18ClNO/c1-11(17)14(10-16-8-2-3-9-16)12-4-6-13(15)7-5-12/h4-7,14H,2-3,8-10H2,1H3. The van der Waals surface area contributed by atoms with Crippen LogP contribution in [0.2, 0.25) is 5.02 Å². The number of rotatable bonds is 4. The molecule has 0 aliphatic carbocycles. The Hall–Kier alpha value is -0.860. The third kappa shape index (κ3) is 3.30. The molecule has 2 rings (SSSR count). The molecule has 0 spiro atoms. The van der Waals surface area contributed by atoms with E-state index in [1.54, 1.807) is 6.92 Å². The van der Waals surface area contributed by atoms with Crippen LogP contribution in [0.15, 0.2) is 24.3 Å². The van der Waals surface area contributed by atoms with E-state index in [1.807, 2.05) is 24.3 Å². The number of carbonyl (C=O) groups is 1. The van der Waals surface area contributed by atoms with Crippen LogP contribution >= 0.6 is 11.6 Å². The summed E-state index contributed by atoms with van der Waals surface area (Å²) in [5.41, 5.74) is 1.08. The number of likely N-dealkylation sites (tertiary alicyclic amines) is 1. The van der Waals surface area contributed by atoms with E-state index in [9.17, 15) is 4.79 Å². The molecule has 1 saturated heterocycles. The summed E-state index contributed by atoms with van der Waals surface area (Å²) in [4.78, 5) is 14.1. The van der Waals surface area contributed by atoms with Gasteiger partial charge in [0.25, 0.3) is 0 Å². The van der Waals surface area contributed by atoms with E-state index < -0.39 is 0 Å². The number of hydrogen-bond acceptors (Lipinski definition) is 2. The Morgan fingerprint density at radius 2 is 1.88 bits per heavy atom. The molecule has 1 atom stereocenters. The number of ketones is 1. The van der Waals surface area contributed by atoms with Gasteiger partial charge in [0.1, 0.15) is 5.78 Å². The molecule has 0 amide bonds. The molecule has 1 aliphatic heterocycles. The zero-order valence-electron chi connectivity index (χ0n) is 10.2. The highest BCUT2D eigenvalue weighted by Gasteiger charge is 2.22. The first-order valence-electron chi connectivity index (χ1n) is 6.15. The first-order valence-corrected chi connectivity index (χ1v) is 6.53. The number of nitrogens with zero attached hydrogens (tertiary/aromatic N) is 1. The van der Waals surface area contributed by atoms with Gasteiger partial charge in [-0.25, -0.2) is 0 Å². The highest BCUT2D eigenvalue weighted by molar-refractivity contribution is 6.30. The maximum Gasteiger partial charge on any atom is 0.138 e. The predicted octanol–water partition coefficient (Wildman–Crippen LogP) is 3.11. The summed E-state index contributed by atoms with van der Waals surface area (Å²) in [7, 11) is 0. The summed E-state index contributed by atoms with van der Waals surface area (Å²) < 4.78 is 0. The van der Waals surface area contributed by atoms with E-state index in [-0.39, 0.29) is 11.7 Å². The summed E-state index contributed by atoms with van der Waals surface area (Å²) >= 11 is 5.87. The molecule has 1 aromatic carbocycles. The number of benzene rings is 1. The second kappa shape index (κ2) is 5.65. The van der Waals surface area contributed by atoms with Gasteiger partial charge in [0.2, 0.25) is 0 Å². The normalized spacial score (nSPS) is 18.2. The number of hydrogen-bond donors (Lipinski definition) is 0. The Kier molecular flexibility index (Phi) is 4.19. The second-order valence-electron chi connectivity index (χ2n) is 4.72. The van der Waals surface area contributed by atoms with Gasteiger partial charge in [-0.15, -0.1) is 0 Å². The van der Waals surface area contributed by atoms with Crippen molar-refractivity contribution in [2.24, 2.45) is 0 Å². The van der Waals surface area contributed by atoms with Crippen molar-refractivity contribution in [1.82, 2.24) is 4.90 Å². The van der Waals surface area contributed by atoms with Gasteiger partial charge in [0.15, 0.2) is 0 Å². The van der Waals surface area contributed by atoms with Gasteiger partial charge in [0.05, 0.1) is 5.92 Å². The molecule has 3 heteroatoms. The maximum atomic E-state index is 11.8. The molecule has 92 valence electrons. The largest absolute Gasteiger partial charge is 0.302 e. The van der Waals surface area contributed by atoms with Crippen molar-refractivity contribution in [2.75, 3.05) is 19.6 Å². The first-order chi connectivity index (χ1) is 8.16. The molecule has 0 bridgehead atoms. The maximum absolute atomic E-state index is 11.8. The topological polar surface area (TPSA) is 20.3 Å². The third-order valence-corrected chi connectivity index (χ3v) is 3.65. The van der Waals surface area contributed by atoms with Gasteiger partial charge < -0.3 is 4.90 Å². The van der Waals surface area contributed by atoms with Crippen molar-refractivity contribution in [1.29, 1.82) is 0 Å². The number of Topliss-reactive ketones (excluding diaryl/α,β-unsaturated/α-hetero) is 1. The third-order valence-electron chi connectivity index (χ3n) is 3.40. The molecule has 0 radical (unpaired) electrons. The summed E-state index contributed by atoms with van der Waals surface area (Å²) in [6.45, 7) is 4.76. The lowest BCUT2D eigenvalue weighted by atomic mass is 9.95. The van der Waals surface area contributed by atoms with Crippen molar-refractivity contribution in [2.45, 2.75) is 25.7 Å². The van der Waals surface area contributed by atoms with E-state index in [2.05, 4.69) is 4.90 Å². The fourth-order valence-electron chi connectivity index (χ4n) is 2.39. The predicted molar refractivity (Wildman–Crippen MR) is 70.5 cm³/mol. The van der Waals surface area contributed by atoms with Crippen LogP contribution in [-0.2, 0) is 4.79 Å². The Balaban J connectivity index is 2.10. The van der Waals surface area contributed by atoms with E-state index in [1.165, 1.54) is 12.8 Å². The molecule has 17 heavy (non-hydrogen) atoms. The molecule has 1 fully saturated rings. The lowest BCUT2D eigenvalue weighted by molar-refractivity contribution is -0.118. The molecule has 1 unspecified atom stereocenters. The van der Waals surface area contributed by atoms with Gasteiger partial charge in [-0.3, -0.25) is 4.79 Å². The number of halogens is 1. The summed E-state index contributed by atoms with van der Waals surface area (Å²) in [5.74, 6) is 0.226. The highest BCUT2D eigenvalue weighted by atomic mass is 35.5. The van der Waals surface area contributed by atoms with Gasteiger partial charge in [-0.2, -0.15) is 0 Å². The Morgan fingerprint density at radius 3 is 2.41 bits per heavy atom. The summed E-state index contributed by atoms with van der Waals surface area (Å²) in [5, 5.41) is 0.720. The fourth-order valence-corrected chi connectivity index (χ4v) is 2.51. The van der Waals surface area contributed by atoms with Crippen LogP contribution in [-0.4, -0.2) is 30.3 Å². The Morgan fingerprint density at radius 1 is 1.29 bits per heavy atom. The zero-order chi connectivity index (χ0) is 12.3. The minimum atomic E-state index is -0.00892. The van der Waals surface area contributed by atoms with Crippen LogP contribution in [0.4, 0.5) is 0 Å². The molecule has 1 aromatic rings. The number of carbonyl (C=O) groups excluding carboxylic acids is 1. The van der Waals surface area contributed by atoms with Crippen molar-refractivity contribution in [3.63, 3.8) is 0 Å². The molecule has 1 heterocycles. The van der Waals surface area contributed by atoms with Gasteiger partial charge in [-0.1, -0.05) is 23.7 Å². The summed E-state index contributed by atoms with van der Waals surface area (Å²) in [6, 6.07) is 7.64. The van der Waals surface area contributed by atoms with E-state index in [4.69, 9.17) is 11.6 Å². The quantitative estimate of drug-likeness (QED) is 0.820. The van der Waals surface area contributed by atoms with E-state index >= 15 is 0 Å². The lowest BCUT2D eigenvalue weighted by Gasteiger charge is -2.21. The van der Waals surface area contributed by atoms with E-state index in [0.29, 0.717) is 0 Å². The lowest BCUT2D eigenvalue weighted by Crippen LogP contribution is -2.28. The highest BCUT2D eigenvalue weighted by Crippen LogP contribution is 2.22. The van der Waals surface area contributed by atoms with Crippen LogP contribution in [0.5, 0.6) is 0 Å². The molecular formula is C14H18ClNO. The van der Waals surface area contributed by atoms with Crippen LogP contribution in [0, 0.1) is 0 Å². The van der Waals surface area contributed by atoms with Gasteiger partial charge in [0, 0.05) is 11.6 Å². The smallest absolute Gasteiger partial charge is 0.138 e. The molecule has 2 nitrogen and oxygen atoms in total. The van der Waals surface area contributed by atoms with Crippen molar-refractivity contribution in [3.8, 4) is 0 Å². The van der Waals surface area contributed by atoms with Crippen LogP contribution < -0.4 is 0 Å². The van der Waals surface area contributed by atoms with Gasteiger partial charge >= 0.3 is 0 Å². The average Bonchev–Trinajstić information content (AvgIpc) is 2.80. The van der Waals surface area contributed by atoms with Crippen molar-refractivity contribution < 1.29 is 4.79 Å². The zero-order valence-corrected chi connectivity index (χ0v) is 10.9. The molecule has 0 saturated carbocycles. The van der Waals surface area contributed by atoms with Crippen molar-refractivity contribution >= 4 is 17.4 Å².